The van der Waals surface area contributed by atoms with Crippen molar-refractivity contribution < 1.29 is 53.1 Å². The van der Waals surface area contributed by atoms with Crippen molar-refractivity contribution in [2.75, 3.05) is 0 Å². The fourth-order valence-electron chi connectivity index (χ4n) is 4.19. The third-order valence-corrected chi connectivity index (χ3v) is 6.08. The number of hydrogen-bond acceptors (Lipinski definition) is 7. The van der Waals surface area contributed by atoms with Gasteiger partial charge in [-0.25, -0.2) is 9.78 Å². The number of nitrogens with zero attached hydrogens (tertiary/aromatic N) is 2. The van der Waals surface area contributed by atoms with Gasteiger partial charge in [0.25, 0.3) is 5.56 Å². The number of cyclic esters (lactones) is 1. The summed E-state index contributed by atoms with van der Waals surface area (Å²) in [6.07, 6.45) is 0.00302. The van der Waals surface area contributed by atoms with Gasteiger partial charge in [-0.1, -0.05) is 25.1 Å². The Morgan fingerprint density at radius 2 is 2.07 bits per heavy atom. The second-order valence-corrected chi connectivity index (χ2v) is 7.70. The summed E-state index contributed by atoms with van der Waals surface area (Å²) in [6.45, 7) is 1.73. The van der Waals surface area contributed by atoms with Crippen molar-refractivity contribution in [3.63, 3.8) is 0 Å². The molecule has 3 aromatic rings. The minimum absolute atomic E-state index is 0. The van der Waals surface area contributed by atoms with E-state index in [-0.39, 0.29) is 59.3 Å². The van der Waals surface area contributed by atoms with E-state index in [0.717, 1.165) is 16.5 Å². The molecule has 0 radical (unpaired) electrons. The Kier molecular flexibility index (Phi) is 5.43. The summed E-state index contributed by atoms with van der Waals surface area (Å²) >= 11 is 0. The molecule has 0 amide bonds. The molecule has 5 rings (SSSR count). The second-order valence-electron chi connectivity index (χ2n) is 7.07. The van der Waals surface area contributed by atoms with Gasteiger partial charge in [0, 0.05) is 16.5 Å². The maximum atomic E-state index is 13.2. The predicted molar refractivity (Wildman–Crippen MR) is 101 cm³/mol. The largest absolute Gasteiger partial charge is 1.00 e. The second kappa shape index (κ2) is 7.64. The van der Waals surface area contributed by atoms with Crippen LogP contribution in [-0.2, 0) is 37.4 Å². The van der Waals surface area contributed by atoms with Crippen LogP contribution in [0, 0.1) is 0 Å². The molecule has 1 unspecified atom stereocenters. The number of pyridine rings is 2. The summed E-state index contributed by atoms with van der Waals surface area (Å²) in [4.78, 5) is 41.8. The number of ether oxygens (including phenoxy) is 1. The average Bonchev–Trinajstić information content (AvgIpc) is 3.06. The zero-order chi connectivity index (χ0) is 20.3. The van der Waals surface area contributed by atoms with Gasteiger partial charge in [0.1, 0.15) is 6.61 Å². The SMILES string of the molecule is CC[C@@]1(O[P+](=O)[O-])C(=O)OCc2c1cc1n(c2=O)Cc2cc3ccccc3nc2-1.[Na+]. The number of esters is 1. The average molecular weight is 433 g/mol. The van der Waals surface area contributed by atoms with Crippen molar-refractivity contribution in [1.82, 2.24) is 9.55 Å². The zero-order valence-electron chi connectivity index (χ0n) is 16.4. The molecule has 2 atom stereocenters. The van der Waals surface area contributed by atoms with Crippen LogP contribution in [0.4, 0.5) is 0 Å². The summed E-state index contributed by atoms with van der Waals surface area (Å²) in [7, 11) is -3.35. The van der Waals surface area contributed by atoms with Crippen molar-refractivity contribution in [1.29, 1.82) is 0 Å². The number of carbonyl (C=O) groups is 1. The predicted octanol–water partition coefficient (Wildman–Crippen LogP) is -0.874. The molecule has 2 aliphatic heterocycles. The Labute approximate surface area is 194 Å². The van der Waals surface area contributed by atoms with E-state index < -0.39 is 19.8 Å². The maximum absolute atomic E-state index is 13.2. The van der Waals surface area contributed by atoms with Crippen molar-refractivity contribution in [3.05, 3.63) is 63.4 Å². The van der Waals surface area contributed by atoms with Crippen LogP contribution in [0.5, 0.6) is 0 Å². The van der Waals surface area contributed by atoms with E-state index in [1.165, 1.54) is 0 Å². The van der Waals surface area contributed by atoms with Crippen LogP contribution < -0.4 is 40.0 Å². The number of fused-ring (bicyclic) bond motifs is 5. The standard InChI is InChI=1S/C20H15N2O6P.Na/c1-2-20(28-29(25)26)14-8-16-17-12(7-11-5-3-4-6-15(11)21-17)9-22(16)18(23)13(14)10-27-19(20)24;/h3-8H,2,9-10H2,1H3;/q;+1/t20-;/m0./s1. The topological polar surface area (TPSA) is 111 Å². The van der Waals surface area contributed by atoms with Gasteiger partial charge >= 0.3 is 43.8 Å². The van der Waals surface area contributed by atoms with Gasteiger partial charge in [-0.2, -0.15) is 0 Å². The number of para-hydroxylation sites is 1. The van der Waals surface area contributed by atoms with Gasteiger partial charge in [0.15, 0.2) is 0 Å². The van der Waals surface area contributed by atoms with Gasteiger partial charge in [0.05, 0.1) is 29.0 Å². The molecule has 2 aliphatic rings. The van der Waals surface area contributed by atoms with Crippen LogP contribution in [0.2, 0.25) is 0 Å². The molecular formula is C20H15N2NaO6P+. The van der Waals surface area contributed by atoms with Crippen molar-refractivity contribution >= 4 is 25.1 Å². The fourth-order valence-corrected chi connectivity index (χ4v) is 4.75. The monoisotopic (exact) mass is 433 g/mol. The Balaban J connectivity index is 0.00000218. The minimum atomic E-state index is -3.35. The number of hydrogen-bond donors (Lipinski definition) is 0. The molecule has 0 fully saturated rings. The van der Waals surface area contributed by atoms with E-state index in [4.69, 9.17) is 14.2 Å². The quantitative estimate of drug-likeness (QED) is 0.235. The Morgan fingerprint density at radius 1 is 1.30 bits per heavy atom. The molecule has 2 aromatic heterocycles. The van der Waals surface area contributed by atoms with E-state index in [2.05, 4.69) is 0 Å². The van der Waals surface area contributed by atoms with Gasteiger partial charge in [-0.15, -0.1) is 4.52 Å². The Bertz CT molecular complexity index is 1290. The van der Waals surface area contributed by atoms with Crippen molar-refractivity contribution in [2.45, 2.75) is 32.1 Å². The summed E-state index contributed by atoms with van der Waals surface area (Å²) in [5.41, 5.74) is 1.09. The molecule has 0 saturated carbocycles. The summed E-state index contributed by atoms with van der Waals surface area (Å²) < 4.78 is 23.1. The molecule has 0 aliphatic carbocycles. The molecule has 146 valence electrons. The van der Waals surface area contributed by atoms with E-state index in [9.17, 15) is 19.0 Å². The van der Waals surface area contributed by atoms with E-state index in [1.54, 1.807) is 17.6 Å². The van der Waals surface area contributed by atoms with Crippen LogP contribution >= 0.6 is 8.25 Å². The van der Waals surface area contributed by atoms with E-state index in [0.29, 0.717) is 17.9 Å². The van der Waals surface area contributed by atoms with Gasteiger partial charge in [-0.3, -0.25) is 4.79 Å². The first-order valence-corrected chi connectivity index (χ1v) is 10.2. The molecule has 0 bridgehead atoms. The molecule has 30 heavy (non-hydrogen) atoms. The van der Waals surface area contributed by atoms with Crippen LogP contribution in [0.15, 0.2) is 41.2 Å². The van der Waals surface area contributed by atoms with E-state index in [1.807, 2.05) is 30.3 Å². The third kappa shape index (κ3) is 2.99. The fraction of sp³-hybridized carbons (Fsp3) is 0.250. The summed E-state index contributed by atoms with van der Waals surface area (Å²) in [5.74, 6) is -0.819. The maximum Gasteiger partial charge on any atom is 1.00 e. The number of rotatable bonds is 3. The number of aromatic nitrogens is 2. The molecule has 0 N–H and O–H groups in total. The molecular weight excluding hydrogens is 418 g/mol. The van der Waals surface area contributed by atoms with Crippen LogP contribution in [0.25, 0.3) is 22.3 Å². The van der Waals surface area contributed by atoms with Gasteiger partial charge < -0.3 is 14.2 Å². The molecule has 1 aromatic carbocycles. The van der Waals surface area contributed by atoms with Crippen LogP contribution in [0.3, 0.4) is 0 Å². The number of benzene rings is 1. The summed E-state index contributed by atoms with van der Waals surface area (Å²) in [5, 5.41) is 0.963. The third-order valence-electron chi connectivity index (χ3n) is 5.61. The van der Waals surface area contributed by atoms with Crippen molar-refractivity contribution in [2.24, 2.45) is 0 Å². The summed E-state index contributed by atoms with van der Waals surface area (Å²) in [6, 6.07) is 11.3. The minimum Gasteiger partial charge on any atom is -0.566 e. The molecule has 8 nitrogen and oxygen atoms in total. The first-order chi connectivity index (χ1) is 13.9. The van der Waals surface area contributed by atoms with Crippen LogP contribution in [-0.4, -0.2) is 15.5 Å². The first-order valence-electron chi connectivity index (χ1n) is 9.11. The zero-order valence-corrected chi connectivity index (χ0v) is 19.3. The van der Waals surface area contributed by atoms with E-state index >= 15 is 0 Å². The van der Waals surface area contributed by atoms with Crippen molar-refractivity contribution in [3.8, 4) is 11.4 Å². The molecule has 4 heterocycles. The molecule has 0 spiro atoms. The van der Waals surface area contributed by atoms with Gasteiger partial charge in [-0.05, 0) is 29.2 Å². The van der Waals surface area contributed by atoms with Gasteiger partial charge in [0.2, 0.25) is 5.60 Å². The molecule has 0 saturated heterocycles. The Hall–Kier alpha value is -1.93. The Morgan fingerprint density at radius 3 is 2.80 bits per heavy atom. The number of carbonyl (C=O) groups excluding carboxylic acids is 1. The van der Waals surface area contributed by atoms with Crippen LogP contribution in [0.1, 0.15) is 30.0 Å². The molecule has 10 heteroatoms. The normalized spacial score (nSPS) is 19.4. The smallest absolute Gasteiger partial charge is 0.566 e. The first kappa shape index (κ1) is 21.3.